The molecule has 0 N–H and O–H groups in total. The first-order chi connectivity index (χ1) is 19.1. The van der Waals surface area contributed by atoms with Crippen LogP contribution in [0.1, 0.15) is 36.2 Å². The molecule has 2 aromatic carbocycles. The number of carbonyl (C=O) groups is 1. The van der Waals surface area contributed by atoms with Crippen LogP contribution in [0.25, 0.3) is 10.2 Å². The van der Waals surface area contributed by atoms with Gasteiger partial charge in [-0.05, 0) is 63.1 Å². The third-order valence-electron chi connectivity index (χ3n) is 7.25. The molecule has 0 bridgehead atoms. The van der Waals surface area contributed by atoms with E-state index in [0.29, 0.717) is 35.4 Å². The fourth-order valence-electron chi connectivity index (χ4n) is 5.17. The largest absolute Gasteiger partial charge is 0.379 e. The maximum atomic E-state index is 13.9. The zero-order chi connectivity index (χ0) is 28.4. The van der Waals surface area contributed by atoms with Gasteiger partial charge in [-0.1, -0.05) is 29.0 Å². The lowest BCUT2D eigenvalue weighted by molar-refractivity contribution is -0.0440. The number of rotatable bonds is 8. The van der Waals surface area contributed by atoms with Gasteiger partial charge in [-0.25, -0.2) is 13.4 Å². The minimum Gasteiger partial charge on any atom is -0.379 e. The Hall–Kier alpha value is -2.12. The van der Waals surface area contributed by atoms with Crippen LogP contribution in [-0.4, -0.2) is 93.2 Å². The van der Waals surface area contributed by atoms with E-state index in [0.717, 1.165) is 55.0 Å². The monoisotopic (exact) mass is 606 g/mol. The predicted octanol–water partition coefficient (Wildman–Crippen LogP) is 4.43. The number of fused-ring (bicyclic) bond motifs is 1. The summed E-state index contributed by atoms with van der Waals surface area (Å²) in [5.41, 5.74) is 2.17. The third kappa shape index (κ3) is 6.35. The quantitative estimate of drug-likeness (QED) is 0.375. The van der Waals surface area contributed by atoms with Crippen LogP contribution in [0.2, 0.25) is 5.02 Å². The molecule has 2 atom stereocenters. The number of hydrogen-bond donors (Lipinski definition) is 0. The van der Waals surface area contributed by atoms with Crippen LogP contribution in [0.15, 0.2) is 41.3 Å². The molecule has 5 rings (SSSR count). The Kier molecular flexibility index (Phi) is 9.11. The molecule has 2 fully saturated rings. The molecule has 3 heterocycles. The van der Waals surface area contributed by atoms with Gasteiger partial charge in [-0.2, -0.15) is 4.31 Å². The molecule has 2 aliphatic heterocycles. The van der Waals surface area contributed by atoms with Gasteiger partial charge in [-0.15, -0.1) is 0 Å². The number of amides is 1. The Morgan fingerprint density at radius 2 is 1.77 bits per heavy atom. The number of aromatic nitrogens is 1. The van der Waals surface area contributed by atoms with E-state index in [-0.39, 0.29) is 23.0 Å². The number of morpholine rings is 2. The summed E-state index contributed by atoms with van der Waals surface area (Å²) in [6.45, 7) is 10.8. The molecule has 216 valence electrons. The maximum Gasteiger partial charge on any atom is 0.260 e. The van der Waals surface area contributed by atoms with E-state index in [1.165, 1.54) is 27.8 Å². The van der Waals surface area contributed by atoms with Gasteiger partial charge in [0.05, 0.1) is 45.6 Å². The van der Waals surface area contributed by atoms with Crippen LogP contribution in [-0.2, 0) is 19.5 Å². The van der Waals surface area contributed by atoms with Crippen LogP contribution >= 0.6 is 22.9 Å². The molecule has 12 heteroatoms. The highest BCUT2D eigenvalue weighted by molar-refractivity contribution is 7.89. The van der Waals surface area contributed by atoms with E-state index in [1.54, 1.807) is 17.0 Å². The number of benzene rings is 2. The summed E-state index contributed by atoms with van der Waals surface area (Å²) >= 11 is 7.87. The fourth-order valence-corrected chi connectivity index (χ4v) is 8.10. The second-order valence-corrected chi connectivity index (χ2v) is 13.7. The molecule has 0 saturated carbocycles. The molecule has 0 spiro atoms. The van der Waals surface area contributed by atoms with E-state index in [1.807, 2.05) is 32.9 Å². The highest BCUT2D eigenvalue weighted by Crippen LogP contribution is 2.36. The molecule has 1 amide bonds. The number of thiazole rings is 1. The van der Waals surface area contributed by atoms with Crippen LogP contribution in [0, 0.1) is 6.92 Å². The van der Waals surface area contributed by atoms with E-state index < -0.39 is 10.0 Å². The smallest absolute Gasteiger partial charge is 0.260 e. The zero-order valence-corrected chi connectivity index (χ0v) is 25.4. The summed E-state index contributed by atoms with van der Waals surface area (Å²) in [6, 6.07) is 9.97. The number of anilines is 1. The number of nitrogens with zero attached hydrogens (tertiary/aromatic N) is 4. The summed E-state index contributed by atoms with van der Waals surface area (Å²) < 4.78 is 40.1. The first kappa shape index (κ1) is 29.4. The molecular weight excluding hydrogens is 572 g/mol. The minimum absolute atomic E-state index is 0.159. The molecule has 2 unspecified atom stereocenters. The lowest BCUT2D eigenvalue weighted by atomic mass is 10.2. The topological polar surface area (TPSA) is 92.3 Å². The van der Waals surface area contributed by atoms with Crippen molar-refractivity contribution in [3.05, 3.63) is 52.5 Å². The van der Waals surface area contributed by atoms with E-state index >= 15 is 0 Å². The molecule has 2 saturated heterocycles. The van der Waals surface area contributed by atoms with E-state index in [9.17, 15) is 13.2 Å². The summed E-state index contributed by atoms with van der Waals surface area (Å²) in [6.07, 6.45) is 0.390. The van der Waals surface area contributed by atoms with Gasteiger partial charge in [0.25, 0.3) is 5.91 Å². The Morgan fingerprint density at radius 3 is 2.42 bits per heavy atom. The van der Waals surface area contributed by atoms with Crippen molar-refractivity contribution < 1.29 is 22.7 Å². The number of sulfonamides is 1. The van der Waals surface area contributed by atoms with Gasteiger partial charge < -0.3 is 9.47 Å². The van der Waals surface area contributed by atoms with E-state index in [4.69, 9.17) is 26.1 Å². The van der Waals surface area contributed by atoms with Crippen LogP contribution in [0.3, 0.4) is 0 Å². The van der Waals surface area contributed by atoms with Crippen LogP contribution in [0.5, 0.6) is 0 Å². The molecule has 40 heavy (non-hydrogen) atoms. The molecule has 2 aliphatic rings. The molecular formula is C28H35ClN4O5S2. The Balaban J connectivity index is 1.39. The molecule has 9 nitrogen and oxygen atoms in total. The van der Waals surface area contributed by atoms with Gasteiger partial charge in [0.15, 0.2) is 5.13 Å². The first-order valence-electron chi connectivity index (χ1n) is 13.6. The van der Waals surface area contributed by atoms with Crippen molar-refractivity contribution in [3.8, 4) is 0 Å². The maximum absolute atomic E-state index is 13.9. The number of halogens is 1. The Bertz CT molecular complexity index is 1410. The standard InChI is InChI=1S/C28H35ClN4O5S2/c1-19-5-10-24(29)26-25(19)30-28(39-26)33(12-4-11-31-13-15-37-16-14-31)27(34)22-6-8-23(9-7-22)40(35,36)32-17-20(2)38-21(3)18-32/h5-10,20-21H,4,11-18H2,1-3H3. The summed E-state index contributed by atoms with van der Waals surface area (Å²) in [7, 11) is -3.71. The highest BCUT2D eigenvalue weighted by Gasteiger charge is 2.32. The highest BCUT2D eigenvalue weighted by atomic mass is 35.5. The SMILES string of the molecule is Cc1ccc(Cl)c2sc(N(CCCN3CCOCC3)C(=O)c3ccc(S(=O)(=O)N4CC(C)OC(C)C4)cc3)nc12. The lowest BCUT2D eigenvalue weighted by Gasteiger charge is -2.34. The summed E-state index contributed by atoms with van der Waals surface area (Å²) in [4.78, 5) is 22.9. The summed E-state index contributed by atoms with van der Waals surface area (Å²) in [5.74, 6) is -0.229. The molecule has 0 aliphatic carbocycles. The number of hydrogen-bond acceptors (Lipinski definition) is 8. The lowest BCUT2D eigenvalue weighted by Crippen LogP contribution is -2.48. The second-order valence-electron chi connectivity index (χ2n) is 10.4. The number of ether oxygens (including phenoxy) is 2. The predicted molar refractivity (Wildman–Crippen MR) is 158 cm³/mol. The molecule has 1 aromatic heterocycles. The third-order valence-corrected chi connectivity index (χ3v) is 10.6. The molecule has 0 radical (unpaired) electrons. The summed E-state index contributed by atoms with van der Waals surface area (Å²) in [5, 5.41) is 1.18. The van der Waals surface area contributed by atoms with Gasteiger partial charge in [0.2, 0.25) is 10.0 Å². The van der Waals surface area contributed by atoms with Gasteiger partial charge in [0, 0.05) is 44.8 Å². The second kappa shape index (κ2) is 12.4. The van der Waals surface area contributed by atoms with E-state index in [2.05, 4.69) is 4.90 Å². The van der Waals surface area contributed by atoms with Crippen molar-refractivity contribution >= 4 is 54.2 Å². The normalized spacial score (nSPS) is 21.1. The zero-order valence-electron chi connectivity index (χ0n) is 23.0. The molecule has 3 aromatic rings. The van der Waals surface area contributed by atoms with Crippen LogP contribution in [0.4, 0.5) is 5.13 Å². The van der Waals surface area contributed by atoms with Crippen molar-refractivity contribution in [2.75, 3.05) is 57.4 Å². The van der Waals surface area contributed by atoms with Crippen molar-refractivity contribution in [2.24, 2.45) is 0 Å². The number of carbonyl (C=O) groups excluding carboxylic acids is 1. The van der Waals surface area contributed by atoms with Crippen molar-refractivity contribution in [1.82, 2.24) is 14.2 Å². The average molecular weight is 607 g/mol. The fraction of sp³-hybridized carbons (Fsp3) is 0.500. The first-order valence-corrected chi connectivity index (χ1v) is 16.2. The van der Waals surface area contributed by atoms with Crippen LogP contribution < -0.4 is 4.90 Å². The van der Waals surface area contributed by atoms with Gasteiger partial charge in [0.1, 0.15) is 0 Å². The van der Waals surface area contributed by atoms with Gasteiger partial charge >= 0.3 is 0 Å². The Morgan fingerprint density at radius 1 is 1.10 bits per heavy atom. The van der Waals surface area contributed by atoms with Crippen molar-refractivity contribution in [2.45, 2.75) is 44.3 Å². The van der Waals surface area contributed by atoms with Crippen molar-refractivity contribution in [1.29, 1.82) is 0 Å². The van der Waals surface area contributed by atoms with Gasteiger partial charge in [-0.3, -0.25) is 14.6 Å². The minimum atomic E-state index is -3.71. The number of aryl methyl sites for hydroxylation is 1. The van der Waals surface area contributed by atoms with Crippen molar-refractivity contribution in [3.63, 3.8) is 0 Å². The Labute approximate surface area is 244 Å². The average Bonchev–Trinajstić information content (AvgIpc) is 3.40.